The van der Waals surface area contributed by atoms with Gasteiger partial charge in [-0.1, -0.05) is 70.2 Å². The van der Waals surface area contributed by atoms with E-state index in [1.165, 1.54) is 16.3 Å². The van der Waals surface area contributed by atoms with Gasteiger partial charge in [0.2, 0.25) is 0 Å². The van der Waals surface area contributed by atoms with E-state index in [1.54, 1.807) is 6.92 Å². The summed E-state index contributed by atoms with van der Waals surface area (Å²) in [7, 11) is 1.83. The lowest BCUT2D eigenvalue weighted by molar-refractivity contribution is -0.118. The van der Waals surface area contributed by atoms with Crippen LogP contribution < -0.4 is 5.32 Å². The molecule has 2 aromatic rings. The molecule has 0 aliphatic heterocycles. The minimum atomic E-state index is -0.0869. The van der Waals surface area contributed by atoms with Gasteiger partial charge in [0.15, 0.2) is 0 Å². The molecule has 0 bridgehead atoms. The third kappa shape index (κ3) is 6.09. The van der Waals surface area contributed by atoms with Gasteiger partial charge in [-0.3, -0.25) is 4.79 Å². The number of hydrogen-bond donors (Lipinski definition) is 1. The molecular formula is C19H29NO. The molecule has 0 spiro atoms. The van der Waals surface area contributed by atoms with Crippen molar-refractivity contribution in [1.82, 2.24) is 5.32 Å². The maximum atomic E-state index is 11.4. The van der Waals surface area contributed by atoms with E-state index in [0.29, 0.717) is 0 Å². The molecule has 0 saturated carbocycles. The second kappa shape index (κ2) is 11.0. The summed E-state index contributed by atoms with van der Waals surface area (Å²) >= 11 is 0. The van der Waals surface area contributed by atoms with Crippen molar-refractivity contribution in [2.75, 3.05) is 7.05 Å². The van der Waals surface area contributed by atoms with Crippen LogP contribution >= 0.6 is 0 Å². The second-order valence-electron chi connectivity index (χ2n) is 4.34. The molecule has 0 amide bonds. The summed E-state index contributed by atoms with van der Waals surface area (Å²) in [6.07, 6.45) is 0.747. The van der Waals surface area contributed by atoms with Crippen LogP contribution in [0.15, 0.2) is 42.5 Å². The van der Waals surface area contributed by atoms with Crippen LogP contribution in [0.2, 0.25) is 0 Å². The first-order valence-corrected chi connectivity index (χ1v) is 7.86. The molecule has 0 saturated heterocycles. The fourth-order valence-electron chi connectivity index (χ4n) is 2.05. The highest BCUT2D eigenvalue weighted by Crippen LogP contribution is 2.16. The minimum Gasteiger partial charge on any atom is -0.310 e. The van der Waals surface area contributed by atoms with Crippen LogP contribution in [0, 0.1) is 0 Å². The Morgan fingerprint density at radius 2 is 1.57 bits per heavy atom. The van der Waals surface area contributed by atoms with Crippen molar-refractivity contribution in [3.05, 3.63) is 48.0 Å². The Kier molecular flexibility index (Phi) is 10.2. The van der Waals surface area contributed by atoms with Crippen molar-refractivity contribution in [2.45, 2.75) is 47.1 Å². The summed E-state index contributed by atoms with van der Waals surface area (Å²) in [4.78, 5) is 11.4. The Labute approximate surface area is 129 Å². The largest absolute Gasteiger partial charge is 0.310 e. The number of rotatable bonds is 4. The van der Waals surface area contributed by atoms with Gasteiger partial charge >= 0.3 is 0 Å². The quantitative estimate of drug-likeness (QED) is 0.889. The number of carbonyl (C=O) groups excluding carboxylic acids is 1. The highest BCUT2D eigenvalue weighted by Gasteiger charge is 2.11. The zero-order chi connectivity index (χ0) is 16.3. The summed E-state index contributed by atoms with van der Waals surface area (Å²) in [5.74, 6) is 0.181. The van der Waals surface area contributed by atoms with Crippen LogP contribution in [0.1, 0.15) is 40.2 Å². The topological polar surface area (TPSA) is 29.1 Å². The monoisotopic (exact) mass is 287 g/mol. The van der Waals surface area contributed by atoms with Crippen molar-refractivity contribution in [2.24, 2.45) is 0 Å². The number of ketones is 1. The average molecular weight is 287 g/mol. The van der Waals surface area contributed by atoms with E-state index in [2.05, 4.69) is 35.6 Å². The Bertz CT molecular complexity index is 534. The van der Waals surface area contributed by atoms with E-state index < -0.39 is 0 Å². The fourth-order valence-corrected chi connectivity index (χ4v) is 2.05. The number of benzene rings is 2. The van der Waals surface area contributed by atoms with E-state index >= 15 is 0 Å². The number of fused-ring (bicyclic) bond motifs is 1. The Morgan fingerprint density at radius 3 is 2.10 bits per heavy atom. The normalized spacial score (nSPS) is 10.8. The third-order valence-electron chi connectivity index (χ3n) is 3.09. The summed E-state index contributed by atoms with van der Waals surface area (Å²) in [5.41, 5.74) is 1.19. The van der Waals surface area contributed by atoms with Gasteiger partial charge in [0, 0.05) is 0 Å². The predicted molar refractivity (Wildman–Crippen MR) is 93.9 cm³/mol. The number of Topliss-reactive ketones (excluding diaryl/α,β-unsaturated/α-hetero) is 1. The van der Waals surface area contributed by atoms with Crippen LogP contribution in [-0.2, 0) is 11.2 Å². The summed E-state index contributed by atoms with van der Waals surface area (Å²) in [6.45, 7) is 9.63. The van der Waals surface area contributed by atoms with E-state index in [0.717, 1.165) is 6.42 Å². The van der Waals surface area contributed by atoms with Gasteiger partial charge in [0.25, 0.3) is 0 Å². The highest BCUT2D eigenvalue weighted by atomic mass is 16.1. The Morgan fingerprint density at radius 1 is 1.00 bits per heavy atom. The van der Waals surface area contributed by atoms with Gasteiger partial charge in [-0.2, -0.15) is 0 Å². The van der Waals surface area contributed by atoms with Crippen molar-refractivity contribution in [3.63, 3.8) is 0 Å². The molecule has 0 aromatic heterocycles. The Hall–Kier alpha value is -1.67. The van der Waals surface area contributed by atoms with Crippen molar-refractivity contribution >= 4 is 16.6 Å². The number of hydrogen-bond acceptors (Lipinski definition) is 2. The number of likely N-dealkylation sites (N-methyl/N-ethyl adjacent to an activating group) is 1. The van der Waals surface area contributed by atoms with Crippen LogP contribution in [-0.4, -0.2) is 18.9 Å². The molecule has 2 nitrogen and oxygen atoms in total. The highest BCUT2D eigenvalue weighted by molar-refractivity contribution is 5.84. The van der Waals surface area contributed by atoms with Crippen LogP contribution in [0.3, 0.4) is 0 Å². The van der Waals surface area contributed by atoms with Gasteiger partial charge < -0.3 is 5.32 Å². The molecule has 0 heterocycles. The lowest BCUT2D eigenvalue weighted by atomic mass is 10.00. The molecule has 2 heteroatoms. The van der Waals surface area contributed by atoms with Gasteiger partial charge in [0.05, 0.1) is 6.04 Å². The summed E-state index contributed by atoms with van der Waals surface area (Å²) < 4.78 is 0. The zero-order valence-corrected chi connectivity index (χ0v) is 14.2. The summed E-state index contributed by atoms with van der Waals surface area (Å²) in [6, 6.07) is 14.5. The molecule has 0 radical (unpaired) electrons. The van der Waals surface area contributed by atoms with Crippen molar-refractivity contribution in [3.8, 4) is 0 Å². The van der Waals surface area contributed by atoms with Gasteiger partial charge in [-0.15, -0.1) is 0 Å². The molecule has 0 aliphatic rings. The minimum absolute atomic E-state index is 0.0869. The molecule has 2 rings (SSSR count). The first kappa shape index (κ1) is 19.3. The number of nitrogens with one attached hydrogen (secondary N) is 1. The van der Waals surface area contributed by atoms with Gasteiger partial charge in [-0.05, 0) is 36.7 Å². The smallest absolute Gasteiger partial charge is 0.147 e. The third-order valence-corrected chi connectivity index (χ3v) is 3.09. The summed E-state index contributed by atoms with van der Waals surface area (Å²) in [5, 5.41) is 5.51. The maximum Gasteiger partial charge on any atom is 0.147 e. The van der Waals surface area contributed by atoms with Crippen molar-refractivity contribution in [1.29, 1.82) is 0 Å². The van der Waals surface area contributed by atoms with Gasteiger partial charge in [0.1, 0.15) is 5.78 Å². The molecule has 0 aliphatic carbocycles. The standard InChI is InChI=1S/C15H17NO.2C2H6/c1-11(17)15(16-2)10-12-7-8-13-5-3-4-6-14(13)9-12;2*1-2/h3-9,15-16H,10H2,1-2H3;2*1-2H3. The fraction of sp³-hybridized carbons (Fsp3) is 0.421. The second-order valence-corrected chi connectivity index (χ2v) is 4.34. The van der Waals surface area contributed by atoms with Crippen molar-refractivity contribution < 1.29 is 4.79 Å². The van der Waals surface area contributed by atoms with Crippen LogP contribution in [0.25, 0.3) is 10.8 Å². The molecule has 1 N–H and O–H groups in total. The lowest BCUT2D eigenvalue weighted by Gasteiger charge is -2.13. The molecule has 1 unspecified atom stereocenters. The predicted octanol–water partition coefficient (Wildman–Crippen LogP) is 4.61. The van der Waals surface area contributed by atoms with Crippen LogP contribution in [0.4, 0.5) is 0 Å². The average Bonchev–Trinajstić information content (AvgIpc) is 2.56. The molecule has 0 fully saturated rings. The molecule has 1 atom stereocenters. The van der Waals surface area contributed by atoms with E-state index in [1.807, 2.05) is 46.9 Å². The number of carbonyl (C=O) groups is 1. The first-order chi connectivity index (χ1) is 10.2. The van der Waals surface area contributed by atoms with E-state index in [4.69, 9.17) is 0 Å². The van der Waals surface area contributed by atoms with Crippen LogP contribution in [0.5, 0.6) is 0 Å². The molecule has 116 valence electrons. The zero-order valence-electron chi connectivity index (χ0n) is 14.2. The Balaban J connectivity index is 0.000000921. The lowest BCUT2D eigenvalue weighted by Crippen LogP contribution is -2.34. The first-order valence-electron chi connectivity index (χ1n) is 7.86. The molecule has 2 aromatic carbocycles. The molecule has 21 heavy (non-hydrogen) atoms. The van der Waals surface area contributed by atoms with Gasteiger partial charge in [-0.25, -0.2) is 0 Å². The SMILES string of the molecule is CC.CC.CNC(Cc1ccc2ccccc2c1)C(C)=O. The maximum absolute atomic E-state index is 11.4. The molecular weight excluding hydrogens is 258 g/mol. The van der Waals surface area contributed by atoms with E-state index in [-0.39, 0.29) is 11.8 Å². The van der Waals surface area contributed by atoms with E-state index in [9.17, 15) is 4.79 Å².